The summed E-state index contributed by atoms with van der Waals surface area (Å²) >= 11 is 0. The minimum absolute atomic E-state index is 0.169. The number of rotatable bonds is 6. The van der Waals surface area contributed by atoms with Crippen molar-refractivity contribution in [3.63, 3.8) is 0 Å². The highest BCUT2D eigenvalue weighted by Gasteiger charge is 2.26. The topological polar surface area (TPSA) is 100 Å². The monoisotopic (exact) mass is 433 g/mol. The predicted octanol–water partition coefficient (Wildman–Crippen LogP) is 2.62. The minimum atomic E-state index is -0.490. The molecule has 0 radical (unpaired) electrons. The molecule has 2 atom stereocenters. The first-order chi connectivity index (χ1) is 15.4. The lowest BCUT2D eigenvalue weighted by Gasteiger charge is -2.16. The van der Waals surface area contributed by atoms with Crippen LogP contribution < -0.4 is 5.32 Å². The second kappa shape index (κ2) is 9.32. The highest BCUT2D eigenvalue weighted by molar-refractivity contribution is 6.04. The number of hydrogen-bond acceptors (Lipinski definition) is 5. The number of imidazole rings is 1. The van der Waals surface area contributed by atoms with E-state index in [4.69, 9.17) is 0 Å². The number of carbonyl (C=O) groups excluding carboxylic acids is 2. The zero-order chi connectivity index (χ0) is 22.7. The third-order valence-electron chi connectivity index (χ3n) is 5.81. The Bertz CT molecular complexity index is 1130. The molecule has 2 amide bonds. The molecule has 3 aromatic rings. The Hall–Kier alpha value is -3.52. The van der Waals surface area contributed by atoms with Crippen LogP contribution in [0.1, 0.15) is 51.5 Å². The van der Waals surface area contributed by atoms with E-state index >= 15 is 0 Å². The lowest BCUT2D eigenvalue weighted by molar-refractivity contribution is 0.0765. The SMILES string of the molecule is C[C@H](Cc1nccn1C)c1cccc(NC(=O)c2cc(C(=O)N3CC[C@H](O)C3)ccn2)c1. The standard InChI is InChI=1S/C24H27N5O3/c1-16(12-22-26-9-11-28(22)2)17-4-3-5-19(13-17)27-23(31)21-14-18(6-8-25-21)24(32)29-10-7-20(30)15-29/h3-6,8-9,11,13-14,16,20,30H,7,10,12,15H2,1-2H3,(H,27,31)/t16-,20+/m1/s1. The molecule has 0 unspecified atom stereocenters. The molecule has 0 saturated carbocycles. The molecule has 1 saturated heterocycles. The van der Waals surface area contributed by atoms with Crippen LogP contribution >= 0.6 is 0 Å². The predicted molar refractivity (Wildman–Crippen MR) is 120 cm³/mol. The normalized spacial score (nSPS) is 16.7. The number of nitrogens with one attached hydrogen (secondary N) is 1. The van der Waals surface area contributed by atoms with E-state index in [1.165, 1.54) is 12.3 Å². The Kier molecular flexibility index (Phi) is 6.32. The summed E-state index contributed by atoms with van der Waals surface area (Å²) in [6, 6.07) is 10.8. The van der Waals surface area contributed by atoms with E-state index < -0.39 is 6.10 Å². The van der Waals surface area contributed by atoms with E-state index in [9.17, 15) is 14.7 Å². The van der Waals surface area contributed by atoms with Gasteiger partial charge in [0, 0.05) is 56.4 Å². The summed E-state index contributed by atoms with van der Waals surface area (Å²) in [4.78, 5) is 35.6. The van der Waals surface area contributed by atoms with Crippen LogP contribution in [0.3, 0.4) is 0 Å². The van der Waals surface area contributed by atoms with Gasteiger partial charge in [-0.15, -0.1) is 0 Å². The number of benzene rings is 1. The number of likely N-dealkylation sites (tertiary alicyclic amines) is 1. The smallest absolute Gasteiger partial charge is 0.274 e. The van der Waals surface area contributed by atoms with Gasteiger partial charge in [-0.05, 0) is 42.2 Å². The van der Waals surface area contributed by atoms with Gasteiger partial charge in [-0.1, -0.05) is 19.1 Å². The number of amides is 2. The first-order valence-electron chi connectivity index (χ1n) is 10.7. The average molecular weight is 434 g/mol. The molecule has 2 aromatic heterocycles. The van der Waals surface area contributed by atoms with Crippen LogP contribution in [0.15, 0.2) is 55.0 Å². The Balaban J connectivity index is 1.44. The molecule has 1 fully saturated rings. The summed E-state index contributed by atoms with van der Waals surface area (Å²) in [5.74, 6) is 0.643. The largest absolute Gasteiger partial charge is 0.391 e. The summed E-state index contributed by atoms with van der Waals surface area (Å²) in [6.07, 6.45) is 6.04. The van der Waals surface area contributed by atoms with Crippen molar-refractivity contribution >= 4 is 17.5 Å². The molecular weight excluding hydrogens is 406 g/mol. The van der Waals surface area contributed by atoms with Crippen LogP contribution in [0.25, 0.3) is 0 Å². The van der Waals surface area contributed by atoms with Gasteiger partial charge in [0.1, 0.15) is 11.5 Å². The summed E-state index contributed by atoms with van der Waals surface area (Å²) in [6.45, 7) is 2.95. The lowest BCUT2D eigenvalue weighted by Crippen LogP contribution is -2.29. The number of β-amino-alcohol motifs (C(OH)–C–C–N with tert-alkyl or cyclic N) is 1. The van der Waals surface area contributed by atoms with Crippen molar-refractivity contribution in [2.75, 3.05) is 18.4 Å². The maximum atomic E-state index is 12.8. The van der Waals surface area contributed by atoms with Crippen molar-refractivity contribution < 1.29 is 14.7 Å². The molecule has 4 rings (SSSR count). The number of carbonyl (C=O) groups is 2. The first-order valence-corrected chi connectivity index (χ1v) is 10.7. The van der Waals surface area contributed by atoms with E-state index in [-0.39, 0.29) is 23.4 Å². The Morgan fingerprint density at radius 1 is 1.22 bits per heavy atom. The van der Waals surface area contributed by atoms with Crippen LogP contribution in [0.5, 0.6) is 0 Å². The molecule has 1 aliphatic rings. The number of hydrogen-bond donors (Lipinski definition) is 2. The van der Waals surface area contributed by atoms with Crippen molar-refractivity contribution in [2.45, 2.75) is 31.8 Å². The number of aryl methyl sites for hydroxylation is 1. The van der Waals surface area contributed by atoms with Crippen LogP contribution in [0.2, 0.25) is 0 Å². The quantitative estimate of drug-likeness (QED) is 0.622. The fourth-order valence-corrected chi connectivity index (χ4v) is 3.90. The summed E-state index contributed by atoms with van der Waals surface area (Å²) in [5, 5.41) is 12.6. The van der Waals surface area contributed by atoms with Crippen LogP contribution in [0.4, 0.5) is 5.69 Å². The highest BCUT2D eigenvalue weighted by Crippen LogP contribution is 2.23. The Morgan fingerprint density at radius 3 is 2.78 bits per heavy atom. The molecule has 8 nitrogen and oxygen atoms in total. The van der Waals surface area contributed by atoms with Gasteiger partial charge in [-0.3, -0.25) is 14.6 Å². The van der Waals surface area contributed by atoms with Gasteiger partial charge in [-0.2, -0.15) is 0 Å². The first kappa shape index (κ1) is 21.7. The van der Waals surface area contributed by atoms with Crippen molar-refractivity contribution in [1.29, 1.82) is 0 Å². The third kappa shape index (κ3) is 4.86. The van der Waals surface area contributed by atoms with Gasteiger partial charge in [0.05, 0.1) is 6.10 Å². The zero-order valence-electron chi connectivity index (χ0n) is 18.2. The lowest BCUT2D eigenvalue weighted by atomic mass is 9.97. The van der Waals surface area contributed by atoms with E-state index in [0.717, 1.165) is 17.8 Å². The van der Waals surface area contributed by atoms with Gasteiger partial charge >= 0.3 is 0 Å². The number of anilines is 1. The van der Waals surface area contributed by atoms with Gasteiger partial charge in [0.15, 0.2) is 0 Å². The maximum Gasteiger partial charge on any atom is 0.274 e. The van der Waals surface area contributed by atoms with E-state index in [2.05, 4.69) is 22.2 Å². The molecule has 1 aromatic carbocycles. The number of aliphatic hydroxyl groups is 1. The fourth-order valence-electron chi connectivity index (χ4n) is 3.90. The number of aromatic nitrogens is 3. The van der Waals surface area contributed by atoms with Gasteiger partial charge in [0.25, 0.3) is 11.8 Å². The van der Waals surface area contributed by atoms with Crippen LogP contribution in [-0.4, -0.2) is 55.5 Å². The summed E-state index contributed by atoms with van der Waals surface area (Å²) in [5.41, 5.74) is 2.31. The minimum Gasteiger partial charge on any atom is -0.391 e. The van der Waals surface area contributed by atoms with E-state index in [1.54, 1.807) is 17.2 Å². The second-order valence-corrected chi connectivity index (χ2v) is 8.26. The Labute approximate surface area is 186 Å². The van der Waals surface area contributed by atoms with E-state index in [1.807, 2.05) is 42.1 Å². The second-order valence-electron chi connectivity index (χ2n) is 8.26. The molecule has 0 bridgehead atoms. The Morgan fingerprint density at radius 2 is 2.06 bits per heavy atom. The number of aliphatic hydroxyl groups excluding tert-OH is 1. The van der Waals surface area contributed by atoms with Crippen molar-refractivity contribution in [3.05, 3.63) is 77.6 Å². The summed E-state index contributed by atoms with van der Waals surface area (Å²) < 4.78 is 2.00. The molecular formula is C24H27N5O3. The average Bonchev–Trinajstić information content (AvgIpc) is 3.41. The molecule has 0 aliphatic carbocycles. The van der Waals surface area contributed by atoms with E-state index in [0.29, 0.717) is 30.8 Å². The summed E-state index contributed by atoms with van der Waals surface area (Å²) in [7, 11) is 1.98. The molecule has 166 valence electrons. The van der Waals surface area contributed by atoms with Gasteiger partial charge in [-0.25, -0.2) is 4.98 Å². The highest BCUT2D eigenvalue weighted by atomic mass is 16.3. The molecule has 3 heterocycles. The fraction of sp³-hybridized carbons (Fsp3) is 0.333. The van der Waals surface area contributed by atoms with Crippen molar-refractivity contribution in [3.8, 4) is 0 Å². The van der Waals surface area contributed by atoms with Crippen LogP contribution in [-0.2, 0) is 13.5 Å². The molecule has 0 spiro atoms. The van der Waals surface area contributed by atoms with Crippen molar-refractivity contribution in [2.24, 2.45) is 7.05 Å². The molecule has 2 N–H and O–H groups in total. The molecule has 32 heavy (non-hydrogen) atoms. The number of nitrogens with zero attached hydrogens (tertiary/aromatic N) is 4. The number of pyridine rings is 1. The molecule has 1 aliphatic heterocycles. The third-order valence-corrected chi connectivity index (χ3v) is 5.81. The van der Waals surface area contributed by atoms with Crippen molar-refractivity contribution in [1.82, 2.24) is 19.4 Å². The van der Waals surface area contributed by atoms with Crippen LogP contribution in [0, 0.1) is 0 Å². The zero-order valence-corrected chi connectivity index (χ0v) is 18.2. The van der Waals surface area contributed by atoms with Gasteiger partial charge in [0.2, 0.25) is 0 Å². The van der Waals surface area contributed by atoms with Gasteiger partial charge < -0.3 is 19.9 Å². The maximum absolute atomic E-state index is 12.8. The molecule has 8 heteroatoms.